The lowest BCUT2D eigenvalue weighted by atomic mass is 10.1. The molecule has 1 N–H and O–H groups in total. The van der Waals surface area contributed by atoms with Gasteiger partial charge in [0.15, 0.2) is 16.7 Å². The average Bonchev–Trinajstić information content (AvgIpc) is 3.23. The molecule has 12 heteroatoms. The number of aliphatic imine (C=N–C) groups is 1. The Morgan fingerprint density at radius 2 is 1.95 bits per heavy atom. The number of nitrogens with one attached hydrogen (secondary N) is 1. The molecule has 8 nitrogen and oxygen atoms in total. The fraction of sp³-hybridized carbons (Fsp3) is 0.320. The second-order valence-corrected chi connectivity index (χ2v) is 9.08. The molecule has 0 radical (unpaired) electrons. The number of hydrogen-bond acceptors (Lipinski definition) is 8. The molecule has 4 rings (SSSR count). The molecule has 0 unspecified atom stereocenters. The molecule has 2 heterocycles. The minimum atomic E-state index is -4.71. The summed E-state index contributed by atoms with van der Waals surface area (Å²) in [5, 5.41) is 12.6. The first-order chi connectivity index (χ1) is 17.8. The molecule has 1 amide bonds. The van der Waals surface area contributed by atoms with Crippen molar-refractivity contribution in [3.63, 3.8) is 0 Å². The summed E-state index contributed by atoms with van der Waals surface area (Å²) in [7, 11) is 1.36. The fourth-order valence-electron chi connectivity index (χ4n) is 3.67. The first kappa shape index (κ1) is 26.5. The predicted octanol–water partition coefficient (Wildman–Crippen LogP) is 4.27. The molecule has 0 aromatic heterocycles. The van der Waals surface area contributed by atoms with Gasteiger partial charge in [0.1, 0.15) is 5.75 Å². The summed E-state index contributed by atoms with van der Waals surface area (Å²) in [5.41, 5.74) is -0.622. The molecule has 2 aromatic carbocycles. The average molecular weight is 533 g/mol. The van der Waals surface area contributed by atoms with E-state index in [1.807, 2.05) is 0 Å². The van der Waals surface area contributed by atoms with Gasteiger partial charge in [-0.1, -0.05) is 6.07 Å². The third-order valence-corrected chi connectivity index (χ3v) is 6.49. The van der Waals surface area contributed by atoms with Crippen LogP contribution in [0.15, 0.2) is 46.3 Å². The quantitative estimate of drug-likeness (QED) is 0.529. The van der Waals surface area contributed by atoms with Crippen molar-refractivity contribution in [1.82, 2.24) is 10.2 Å². The Balaban J connectivity index is 1.44. The van der Waals surface area contributed by atoms with Crippen molar-refractivity contribution in [3.8, 4) is 23.3 Å². The largest absolute Gasteiger partial charge is 0.493 e. The molecular formula is C25H23F3N4O4S. The molecular weight excluding hydrogens is 509 g/mol. The highest BCUT2D eigenvalue weighted by molar-refractivity contribution is 8.18. The number of methoxy groups -OCH3 is 1. The van der Waals surface area contributed by atoms with Crippen LogP contribution in [0.1, 0.15) is 16.7 Å². The zero-order valence-corrected chi connectivity index (χ0v) is 20.6. The zero-order valence-electron chi connectivity index (χ0n) is 19.8. The lowest BCUT2D eigenvalue weighted by Gasteiger charge is -2.26. The highest BCUT2D eigenvalue weighted by atomic mass is 32.2. The molecule has 2 aromatic rings. The van der Waals surface area contributed by atoms with Gasteiger partial charge in [0, 0.05) is 26.2 Å². The maximum atomic E-state index is 13.5. The third-order valence-electron chi connectivity index (χ3n) is 5.55. The van der Waals surface area contributed by atoms with Gasteiger partial charge in [-0.2, -0.15) is 23.4 Å². The number of nitrogens with zero attached hydrogens (tertiary/aromatic N) is 3. The van der Waals surface area contributed by atoms with Crippen molar-refractivity contribution in [1.29, 1.82) is 5.26 Å². The maximum Gasteiger partial charge on any atom is 0.420 e. The van der Waals surface area contributed by atoms with Gasteiger partial charge in [-0.3, -0.25) is 9.69 Å². The van der Waals surface area contributed by atoms with Crippen molar-refractivity contribution >= 4 is 28.9 Å². The van der Waals surface area contributed by atoms with Crippen LogP contribution in [-0.4, -0.2) is 62.5 Å². The van der Waals surface area contributed by atoms with Crippen LogP contribution in [0.3, 0.4) is 0 Å². The molecule has 2 aliphatic rings. The van der Waals surface area contributed by atoms with Crippen LogP contribution in [0, 0.1) is 11.3 Å². The Morgan fingerprint density at radius 3 is 2.65 bits per heavy atom. The van der Waals surface area contributed by atoms with Crippen LogP contribution >= 0.6 is 11.8 Å². The summed E-state index contributed by atoms with van der Waals surface area (Å²) < 4.78 is 56.7. The van der Waals surface area contributed by atoms with Gasteiger partial charge in [-0.25, -0.2) is 0 Å². The van der Waals surface area contributed by atoms with E-state index < -0.39 is 17.5 Å². The van der Waals surface area contributed by atoms with E-state index >= 15 is 0 Å². The number of halogens is 3. The summed E-state index contributed by atoms with van der Waals surface area (Å²) in [4.78, 5) is 19.1. The van der Waals surface area contributed by atoms with Crippen molar-refractivity contribution in [2.24, 2.45) is 4.99 Å². The van der Waals surface area contributed by atoms with Crippen LogP contribution in [0.25, 0.3) is 6.08 Å². The van der Waals surface area contributed by atoms with Crippen molar-refractivity contribution in [3.05, 3.63) is 58.0 Å². The number of ether oxygens (including phenoxy) is 3. The SMILES string of the molecule is COc1cc(C=C2SC(NCCN3CCOCC3)=NC2=O)ccc1Oc1ccc(C#N)cc1C(F)(F)F. The molecule has 0 aliphatic carbocycles. The molecule has 0 bridgehead atoms. The summed E-state index contributed by atoms with van der Waals surface area (Å²) in [6, 6.07) is 9.36. The van der Waals surface area contributed by atoms with E-state index in [9.17, 15) is 18.0 Å². The van der Waals surface area contributed by atoms with Gasteiger partial charge in [0.2, 0.25) is 0 Å². The van der Waals surface area contributed by atoms with Gasteiger partial charge in [0.25, 0.3) is 5.91 Å². The van der Waals surface area contributed by atoms with E-state index in [2.05, 4.69) is 15.2 Å². The predicted molar refractivity (Wildman–Crippen MR) is 132 cm³/mol. The topological polar surface area (TPSA) is 96.2 Å². The van der Waals surface area contributed by atoms with E-state index in [-0.39, 0.29) is 23.0 Å². The minimum Gasteiger partial charge on any atom is -0.493 e. The summed E-state index contributed by atoms with van der Waals surface area (Å²) in [5.74, 6) is -0.622. The van der Waals surface area contributed by atoms with Gasteiger partial charge in [0.05, 0.1) is 42.4 Å². The van der Waals surface area contributed by atoms with Crippen LogP contribution < -0.4 is 14.8 Å². The number of amides is 1. The Labute approximate surface area is 215 Å². The van der Waals surface area contributed by atoms with Gasteiger partial charge >= 0.3 is 6.18 Å². The second-order valence-electron chi connectivity index (χ2n) is 8.05. The maximum absolute atomic E-state index is 13.5. The zero-order chi connectivity index (χ0) is 26.4. The lowest BCUT2D eigenvalue weighted by Crippen LogP contribution is -2.40. The summed E-state index contributed by atoms with van der Waals surface area (Å²) in [6.07, 6.45) is -3.09. The lowest BCUT2D eigenvalue weighted by molar-refractivity contribution is -0.138. The standard InChI is InChI=1S/C25H23F3N4O4S/c1-34-21-13-16(2-5-20(21)36-19-4-3-17(15-29)12-18(19)25(26,27)28)14-22-23(33)31-24(37-22)30-6-7-32-8-10-35-11-9-32/h2-5,12-14H,6-11H2,1H3,(H,30,31,33). The second kappa shape index (κ2) is 11.7. The number of morpholine rings is 1. The van der Waals surface area contributed by atoms with E-state index in [0.717, 1.165) is 31.8 Å². The van der Waals surface area contributed by atoms with Crippen molar-refractivity contribution in [2.45, 2.75) is 6.18 Å². The Bertz CT molecular complexity index is 1270. The monoisotopic (exact) mass is 532 g/mol. The van der Waals surface area contributed by atoms with Crippen LogP contribution in [0.4, 0.5) is 13.2 Å². The molecule has 0 atom stereocenters. The third kappa shape index (κ3) is 6.82. The molecule has 1 fully saturated rings. The van der Waals surface area contributed by atoms with Crippen LogP contribution in [0.2, 0.25) is 0 Å². The molecule has 2 aliphatic heterocycles. The number of rotatable bonds is 7. The molecule has 0 spiro atoms. The number of benzene rings is 2. The number of carbonyl (C=O) groups excluding carboxylic acids is 1. The normalized spacial score (nSPS) is 17.4. The van der Waals surface area contributed by atoms with Gasteiger partial charge in [-0.15, -0.1) is 0 Å². The summed E-state index contributed by atoms with van der Waals surface area (Å²) in [6.45, 7) is 4.62. The Kier molecular flexibility index (Phi) is 8.38. The van der Waals surface area contributed by atoms with Gasteiger partial charge in [-0.05, 0) is 53.7 Å². The van der Waals surface area contributed by atoms with Crippen LogP contribution in [0.5, 0.6) is 17.2 Å². The Morgan fingerprint density at radius 1 is 1.19 bits per heavy atom. The molecule has 194 valence electrons. The van der Waals surface area contributed by atoms with Crippen molar-refractivity contribution in [2.75, 3.05) is 46.5 Å². The number of nitriles is 1. The molecule has 1 saturated heterocycles. The number of thioether (sulfide) groups is 1. The number of hydrogen-bond donors (Lipinski definition) is 1. The van der Waals surface area contributed by atoms with E-state index in [4.69, 9.17) is 19.5 Å². The van der Waals surface area contributed by atoms with E-state index in [0.29, 0.717) is 35.4 Å². The minimum absolute atomic E-state index is 0.0481. The van der Waals surface area contributed by atoms with E-state index in [1.54, 1.807) is 24.3 Å². The highest BCUT2D eigenvalue weighted by Crippen LogP contribution is 2.41. The van der Waals surface area contributed by atoms with Gasteiger partial charge < -0.3 is 19.5 Å². The van der Waals surface area contributed by atoms with E-state index in [1.165, 1.54) is 31.0 Å². The molecule has 0 saturated carbocycles. The van der Waals surface area contributed by atoms with Crippen LogP contribution in [-0.2, 0) is 15.7 Å². The number of amidine groups is 1. The fourth-order valence-corrected chi connectivity index (χ4v) is 4.51. The highest BCUT2D eigenvalue weighted by Gasteiger charge is 2.35. The number of carbonyl (C=O) groups is 1. The Hall–Kier alpha value is -3.53. The molecule has 37 heavy (non-hydrogen) atoms. The van der Waals surface area contributed by atoms with Crippen molar-refractivity contribution < 1.29 is 32.2 Å². The first-order valence-electron chi connectivity index (χ1n) is 11.3. The smallest absolute Gasteiger partial charge is 0.420 e. The number of alkyl halides is 3. The summed E-state index contributed by atoms with van der Waals surface area (Å²) >= 11 is 1.21. The first-order valence-corrected chi connectivity index (χ1v) is 12.1.